The van der Waals surface area contributed by atoms with Gasteiger partial charge in [-0.1, -0.05) is 11.8 Å². The fraction of sp³-hybridized carbons (Fsp3) is 0.0833. The lowest BCUT2D eigenvalue weighted by atomic mass is 10.3. The molecule has 0 aliphatic heterocycles. The number of aryl methyl sites for hydroxylation is 1. The molecular formula is C12H10F2N2S. The molecule has 0 aliphatic carbocycles. The van der Waals surface area contributed by atoms with E-state index >= 15 is 0 Å². The normalized spacial score (nSPS) is 10.5. The summed E-state index contributed by atoms with van der Waals surface area (Å²) in [6.07, 6.45) is 1.60. The van der Waals surface area contributed by atoms with Crippen molar-refractivity contribution in [2.24, 2.45) is 0 Å². The highest BCUT2D eigenvalue weighted by Gasteiger charge is 2.12. The van der Waals surface area contributed by atoms with Crippen molar-refractivity contribution in [3.63, 3.8) is 0 Å². The molecule has 0 bridgehead atoms. The van der Waals surface area contributed by atoms with E-state index in [4.69, 9.17) is 5.73 Å². The van der Waals surface area contributed by atoms with Crippen LogP contribution < -0.4 is 5.73 Å². The zero-order valence-corrected chi connectivity index (χ0v) is 9.89. The average molecular weight is 252 g/mol. The van der Waals surface area contributed by atoms with Gasteiger partial charge >= 0.3 is 0 Å². The molecule has 0 amide bonds. The Kier molecular flexibility index (Phi) is 3.28. The van der Waals surface area contributed by atoms with Gasteiger partial charge in [0.25, 0.3) is 0 Å². The van der Waals surface area contributed by atoms with Crippen LogP contribution in [0.3, 0.4) is 0 Å². The molecule has 1 aromatic heterocycles. The van der Waals surface area contributed by atoms with E-state index in [1.807, 2.05) is 13.0 Å². The van der Waals surface area contributed by atoms with Crippen LogP contribution in [0.4, 0.5) is 14.5 Å². The molecule has 17 heavy (non-hydrogen) atoms. The van der Waals surface area contributed by atoms with Crippen LogP contribution in [-0.4, -0.2) is 4.98 Å². The Labute approximate surface area is 102 Å². The summed E-state index contributed by atoms with van der Waals surface area (Å²) >= 11 is 0.947. The van der Waals surface area contributed by atoms with Gasteiger partial charge in [0.1, 0.15) is 16.7 Å². The molecule has 0 saturated heterocycles. The quantitative estimate of drug-likeness (QED) is 0.832. The van der Waals surface area contributed by atoms with Gasteiger partial charge < -0.3 is 5.73 Å². The zero-order valence-electron chi connectivity index (χ0n) is 9.08. The van der Waals surface area contributed by atoms with Crippen molar-refractivity contribution in [3.8, 4) is 0 Å². The topological polar surface area (TPSA) is 38.9 Å². The molecule has 2 nitrogen and oxygen atoms in total. The fourth-order valence-corrected chi connectivity index (χ4v) is 2.23. The molecule has 5 heteroatoms. The van der Waals surface area contributed by atoms with Gasteiger partial charge in [0, 0.05) is 11.9 Å². The zero-order chi connectivity index (χ0) is 12.4. The molecule has 0 atom stereocenters. The van der Waals surface area contributed by atoms with E-state index in [1.165, 1.54) is 0 Å². The SMILES string of the molecule is Cc1ccnc(Sc2c(F)cc(N)cc2F)c1. The third-order valence-corrected chi connectivity index (χ3v) is 3.14. The van der Waals surface area contributed by atoms with Crippen LogP contribution in [0.2, 0.25) is 0 Å². The lowest BCUT2D eigenvalue weighted by Gasteiger charge is -2.05. The maximum absolute atomic E-state index is 13.5. The number of anilines is 1. The van der Waals surface area contributed by atoms with E-state index in [1.54, 1.807) is 12.3 Å². The molecular weight excluding hydrogens is 242 g/mol. The Morgan fingerprint density at radius 3 is 2.41 bits per heavy atom. The lowest BCUT2D eigenvalue weighted by Crippen LogP contribution is -1.93. The predicted octanol–water partition coefficient (Wildman–Crippen LogP) is 3.40. The number of rotatable bonds is 2. The van der Waals surface area contributed by atoms with Crippen molar-refractivity contribution < 1.29 is 8.78 Å². The number of benzene rings is 1. The third-order valence-electron chi connectivity index (χ3n) is 2.12. The van der Waals surface area contributed by atoms with Gasteiger partial charge in [-0.2, -0.15) is 0 Å². The second kappa shape index (κ2) is 4.71. The number of nitrogen functional groups attached to an aromatic ring is 1. The number of aromatic nitrogens is 1. The van der Waals surface area contributed by atoms with Gasteiger partial charge in [0.2, 0.25) is 0 Å². The highest BCUT2D eigenvalue weighted by atomic mass is 32.2. The predicted molar refractivity (Wildman–Crippen MR) is 63.9 cm³/mol. The molecule has 1 aromatic carbocycles. The minimum atomic E-state index is -0.671. The van der Waals surface area contributed by atoms with Crippen molar-refractivity contribution in [3.05, 3.63) is 47.7 Å². The van der Waals surface area contributed by atoms with Crippen molar-refractivity contribution in [2.75, 3.05) is 5.73 Å². The summed E-state index contributed by atoms with van der Waals surface area (Å²) in [6.45, 7) is 1.89. The largest absolute Gasteiger partial charge is 0.399 e. The number of nitrogens with two attached hydrogens (primary N) is 1. The molecule has 0 spiro atoms. The standard InChI is InChI=1S/C12H10F2N2S/c1-7-2-3-16-11(4-7)17-12-9(13)5-8(15)6-10(12)14/h2-6H,15H2,1H3. The Morgan fingerprint density at radius 1 is 1.18 bits per heavy atom. The molecule has 0 saturated carbocycles. The first-order chi connectivity index (χ1) is 8.06. The van der Waals surface area contributed by atoms with E-state index in [-0.39, 0.29) is 10.6 Å². The van der Waals surface area contributed by atoms with Gasteiger partial charge in [-0.25, -0.2) is 13.8 Å². The van der Waals surface area contributed by atoms with Crippen LogP contribution in [-0.2, 0) is 0 Å². The number of pyridine rings is 1. The summed E-state index contributed by atoms with van der Waals surface area (Å²) in [6, 6.07) is 5.78. The van der Waals surface area contributed by atoms with Gasteiger partial charge in [0.05, 0.1) is 4.90 Å². The summed E-state index contributed by atoms with van der Waals surface area (Å²) in [5.41, 5.74) is 6.40. The van der Waals surface area contributed by atoms with Gasteiger partial charge in [-0.3, -0.25) is 0 Å². The third kappa shape index (κ3) is 2.74. The summed E-state index contributed by atoms with van der Waals surface area (Å²) in [5, 5.41) is 0.549. The summed E-state index contributed by atoms with van der Waals surface area (Å²) in [5.74, 6) is -1.34. The molecule has 0 fully saturated rings. The Hall–Kier alpha value is -1.62. The fourth-order valence-electron chi connectivity index (χ4n) is 1.35. The lowest BCUT2D eigenvalue weighted by molar-refractivity contribution is 0.541. The molecule has 2 aromatic rings. The second-order valence-electron chi connectivity index (χ2n) is 3.59. The number of halogens is 2. The summed E-state index contributed by atoms with van der Waals surface area (Å²) < 4.78 is 27.1. The minimum absolute atomic E-state index is 0.0709. The van der Waals surface area contributed by atoms with Crippen LogP contribution in [0.25, 0.3) is 0 Å². The van der Waals surface area contributed by atoms with E-state index in [0.717, 1.165) is 29.5 Å². The van der Waals surface area contributed by atoms with E-state index in [9.17, 15) is 8.78 Å². The Bertz CT molecular complexity index is 535. The average Bonchev–Trinajstić information content (AvgIpc) is 2.23. The first-order valence-corrected chi connectivity index (χ1v) is 5.73. The van der Waals surface area contributed by atoms with Gasteiger partial charge in [0.15, 0.2) is 0 Å². The van der Waals surface area contributed by atoms with Crippen molar-refractivity contribution in [2.45, 2.75) is 16.8 Å². The van der Waals surface area contributed by atoms with Crippen LogP contribution in [0, 0.1) is 18.6 Å². The van der Waals surface area contributed by atoms with Gasteiger partial charge in [-0.15, -0.1) is 0 Å². The van der Waals surface area contributed by atoms with Crippen LogP contribution in [0.15, 0.2) is 40.4 Å². The first kappa shape index (κ1) is 11.9. The maximum atomic E-state index is 13.5. The molecule has 0 radical (unpaired) electrons. The van der Waals surface area contributed by atoms with E-state index in [0.29, 0.717) is 5.03 Å². The maximum Gasteiger partial charge on any atom is 0.142 e. The second-order valence-corrected chi connectivity index (χ2v) is 4.62. The minimum Gasteiger partial charge on any atom is -0.399 e. The first-order valence-electron chi connectivity index (χ1n) is 4.91. The summed E-state index contributed by atoms with van der Waals surface area (Å²) in [7, 11) is 0. The molecule has 2 N–H and O–H groups in total. The van der Waals surface area contributed by atoms with Crippen LogP contribution in [0.1, 0.15) is 5.56 Å². The molecule has 88 valence electrons. The number of hydrogen-bond donors (Lipinski definition) is 1. The molecule has 0 unspecified atom stereocenters. The van der Waals surface area contributed by atoms with Crippen LogP contribution >= 0.6 is 11.8 Å². The van der Waals surface area contributed by atoms with E-state index in [2.05, 4.69) is 4.98 Å². The highest BCUT2D eigenvalue weighted by Crippen LogP contribution is 2.32. The summed E-state index contributed by atoms with van der Waals surface area (Å²) in [4.78, 5) is 3.95. The molecule has 0 aliphatic rings. The monoisotopic (exact) mass is 252 g/mol. The van der Waals surface area contributed by atoms with E-state index < -0.39 is 11.6 Å². The highest BCUT2D eigenvalue weighted by molar-refractivity contribution is 7.99. The number of nitrogens with zero attached hydrogens (tertiary/aromatic N) is 1. The van der Waals surface area contributed by atoms with Crippen molar-refractivity contribution >= 4 is 17.4 Å². The van der Waals surface area contributed by atoms with Gasteiger partial charge in [-0.05, 0) is 36.8 Å². The smallest absolute Gasteiger partial charge is 0.142 e. The van der Waals surface area contributed by atoms with Crippen molar-refractivity contribution in [1.82, 2.24) is 4.98 Å². The van der Waals surface area contributed by atoms with Crippen molar-refractivity contribution in [1.29, 1.82) is 0 Å². The molecule has 1 heterocycles. The van der Waals surface area contributed by atoms with Crippen LogP contribution in [0.5, 0.6) is 0 Å². The molecule has 2 rings (SSSR count). The Morgan fingerprint density at radius 2 is 1.82 bits per heavy atom. The Balaban J connectivity index is 2.36. The number of hydrogen-bond acceptors (Lipinski definition) is 3.